The minimum Gasteiger partial charge on any atom is -0.477 e. The van der Waals surface area contributed by atoms with Crippen molar-refractivity contribution in [2.75, 3.05) is 6.54 Å². The van der Waals surface area contributed by atoms with Crippen molar-refractivity contribution >= 4 is 23.5 Å². The summed E-state index contributed by atoms with van der Waals surface area (Å²) < 4.78 is 5.16. The summed E-state index contributed by atoms with van der Waals surface area (Å²) in [6.45, 7) is 3.71. The van der Waals surface area contributed by atoms with Crippen molar-refractivity contribution in [3.8, 4) is 5.75 Å². The van der Waals surface area contributed by atoms with Crippen molar-refractivity contribution in [3.05, 3.63) is 35.5 Å². The fourth-order valence-corrected chi connectivity index (χ4v) is 3.56. The van der Waals surface area contributed by atoms with Crippen molar-refractivity contribution < 1.29 is 29.3 Å². The van der Waals surface area contributed by atoms with Crippen molar-refractivity contribution in [1.29, 1.82) is 0 Å². The van der Waals surface area contributed by atoms with Crippen LogP contribution in [0.2, 0.25) is 0 Å². The van der Waals surface area contributed by atoms with Gasteiger partial charge in [-0.15, -0.1) is 0 Å². The van der Waals surface area contributed by atoms with Crippen LogP contribution in [0.3, 0.4) is 0 Å². The second-order valence-corrected chi connectivity index (χ2v) is 6.33. The van der Waals surface area contributed by atoms with Gasteiger partial charge < -0.3 is 25.2 Å². The van der Waals surface area contributed by atoms with Crippen molar-refractivity contribution in [3.63, 3.8) is 0 Å². The molecule has 1 fully saturated rings. The Bertz CT molecular complexity index is 801. The molecule has 0 spiro atoms. The Balaban J connectivity index is 1.92. The number of amides is 2. The zero-order valence-electron chi connectivity index (χ0n) is 14.4. The number of carboxylic acid groups (broad SMARTS) is 1. The van der Waals surface area contributed by atoms with E-state index in [2.05, 4.69) is 5.32 Å². The molecule has 0 unspecified atom stereocenters. The first-order chi connectivity index (χ1) is 12.3. The van der Waals surface area contributed by atoms with Crippen molar-refractivity contribution in [2.24, 2.45) is 5.92 Å². The minimum atomic E-state index is -1.20. The molecular formula is C18H20N2O6. The molecule has 8 nitrogen and oxygen atoms in total. The van der Waals surface area contributed by atoms with E-state index < -0.39 is 24.1 Å². The summed E-state index contributed by atoms with van der Waals surface area (Å²) >= 11 is 0. The number of carboxylic acids is 1. The van der Waals surface area contributed by atoms with Gasteiger partial charge in [0.2, 0.25) is 5.91 Å². The third kappa shape index (κ3) is 2.92. The van der Waals surface area contributed by atoms with E-state index in [9.17, 15) is 24.6 Å². The van der Waals surface area contributed by atoms with Gasteiger partial charge in [0.25, 0.3) is 0 Å². The number of carbonyl (C=O) groups excluding carboxylic acids is 2. The molecule has 0 saturated carbocycles. The van der Waals surface area contributed by atoms with Gasteiger partial charge in [-0.3, -0.25) is 4.79 Å². The number of fused-ring (bicyclic) bond motifs is 1. The van der Waals surface area contributed by atoms with Crippen LogP contribution in [0, 0.1) is 5.92 Å². The van der Waals surface area contributed by atoms with Crippen LogP contribution in [0.4, 0.5) is 4.79 Å². The maximum absolute atomic E-state index is 12.3. The monoisotopic (exact) mass is 360 g/mol. The van der Waals surface area contributed by atoms with Crippen LogP contribution >= 0.6 is 0 Å². The number of hydrogen-bond donors (Lipinski definition) is 3. The van der Waals surface area contributed by atoms with Crippen LogP contribution in [0.25, 0.3) is 5.57 Å². The van der Waals surface area contributed by atoms with Gasteiger partial charge in [-0.25, -0.2) is 9.59 Å². The Morgan fingerprint density at radius 2 is 2.15 bits per heavy atom. The molecule has 2 heterocycles. The van der Waals surface area contributed by atoms with Gasteiger partial charge >= 0.3 is 12.1 Å². The fourth-order valence-electron chi connectivity index (χ4n) is 3.56. The smallest absolute Gasteiger partial charge is 0.412 e. The summed E-state index contributed by atoms with van der Waals surface area (Å²) in [6.07, 6.45) is -1.12. The first-order valence-corrected chi connectivity index (χ1v) is 8.38. The summed E-state index contributed by atoms with van der Waals surface area (Å²) in [6, 6.07) is 6.15. The lowest BCUT2D eigenvalue weighted by Gasteiger charge is -2.44. The van der Waals surface area contributed by atoms with Gasteiger partial charge in [-0.1, -0.05) is 12.1 Å². The van der Waals surface area contributed by atoms with Gasteiger partial charge in [0.1, 0.15) is 11.4 Å². The highest BCUT2D eigenvalue weighted by atomic mass is 16.6. The van der Waals surface area contributed by atoms with Crippen molar-refractivity contribution in [1.82, 2.24) is 10.2 Å². The number of aliphatic hydroxyl groups is 1. The van der Waals surface area contributed by atoms with Crippen molar-refractivity contribution in [2.45, 2.75) is 32.4 Å². The second-order valence-electron chi connectivity index (χ2n) is 6.33. The van der Waals surface area contributed by atoms with Crippen LogP contribution < -0.4 is 10.1 Å². The molecule has 3 rings (SSSR count). The lowest BCUT2D eigenvalue weighted by atomic mass is 9.82. The summed E-state index contributed by atoms with van der Waals surface area (Å²) in [5.74, 6) is -1.91. The molecule has 1 aromatic rings. The van der Waals surface area contributed by atoms with Gasteiger partial charge in [0.05, 0.1) is 18.1 Å². The van der Waals surface area contributed by atoms with Crippen LogP contribution in [-0.2, 0) is 9.59 Å². The standard InChI is InChI=1S/C18H20N2O6/c1-3-19-18(25)26-11-6-4-5-10(7-11)12-8-13-14(9(2)21)16(22)20(13)15(12)17(23)24/h4-7,9,13-14,21H,3,8H2,1-2H3,(H,19,25)(H,23,24)/t9-,13-,14-/m1/s1. The highest BCUT2D eigenvalue weighted by Crippen LogP contribution is 2.47. The first-order valence-electron chi connectivity index (χ1n) is 8.38. The molecular weight excluding hydrogens is 340 g/mol. The van der Waals surface area contributed by atoms with Gasteiger partial charge in [-0.05, 0) is 43.5 Å². The predicted molar refractivity (Wildman–Crippen MR) is 91.1 cm³/mol. The van der Waals surface area contributed by atoms with Crippen LogP contribution in [-0.4, -0.2) is 51.8 Å². The molecule has 2 aliphatic rings. The molecule has 2 amide bonds. The molecule has 1 aromatic carbocycles. The molecule has 3 atom stereocenters. The van der Waals surface area contributed by atoms with Crippen LogP contribution in [0.1, 0.15) is 25.8 Å². The fraction of sp³-hybridized carbons (Fsp3) is 0.389. The Kier molecular flexibility index (Phi) is 4.69. The average molecular weight is 360 g/mol. The third-order valence-electron chi connectivity index (χ3n) is 4.65. The minimum absolute atomic E-state index is 0.0768. The number of β-lactam (4-membered cyclic amide) rings is 1. The normalized spacial score (nSPS) is 22.6. The molecule has 1 saturated heterocycles. The molecule has 8 heteroatoms. The maximum atomic E-state index is 12.3. The molecule has 138 valence electrons. The summed E-state index contributed by atoms with van der Waals surface area (Å²) in [5, 5.41) is 21.9. The van der Waals surface area contributed by atoms with Gasteiger partial charge in [0, 0.05) is 6.54 Å². The zero-order valence-corrected chi connectivity index (χ0v) is 14.4. The number of aliphatic carboxylic acids is 1. The Morgan fingerprint density at radius 1 is 1.42 bits per heavy atom. The zero-order chi connectivity index (χ0) is 19.0. The number of hydrogen-bond acceptors (Lipinski definition) is 5. The first kappa shape index (κ1) is 17.9. The number of benzene rings is 1. The summed E-state index contributed by atoms with van der Waals surface area (Å²) in [4.78, 5) is 36.8. The molecule has 2 aliphatic heterocycles. The Labute approximate surface area is 150 Å². The van der Waals surface area contributed by atoms with Gasteiger partial charge in [0.15, 0.2) is 0 Å². The largest absolute Gasteiger partial charge is 0.477 e. The molecule has 0 bridgehead atoms. The van der Waals surface area contributed by atoms with E-state index in [4.69, 9.17) is 4.74 Å². The summed E-state index contributed by atoms with van der Waals surface area (Å²) in [5.41, 5.74) is 0.975. The number of carbonyl (C=O) groups is 3. The van der Waals surface area contributed by atoms with E-state index in [0.717, 1.165) is 0 Å². The number of rotatable bonds is 5. The Hall–Kier alpha value is -2.87. The average Bonchev–Trinajstić information content (AvgIpc) is 2.90. The van der Waals surface area contributed by atoms with E-state index in [0.29, 0.717) is 24.1 Å². The second kappa shape index (κ2) is 6.80. The molecule has 0 aromatic heterocycles. The number of nitrogens with one attached hydrogen (secondary N) is 1. The topological polar surface area (TPSA) is 116 Å². The predicted octanol–water partition coefficient (Wildman–Crippen LogP) is 1.20. The highest BCUT2D eigenvalue weighted by Gasteiger charge is 2.56. The highest BCUT2D eigenvalue weighted by molar-refractivity contribution is 6.06. The Morgan fingerprint density at radius 3 is 2.77 bits per heavy atom. The van der Waals surface area contributed by atoms with E-state index in [-0.39, 0.29) is 23.4 Å². The van der Waals surface area contributed by atoms with Crippen LogP contribution in [0.15, 0.2) is 30.0 Å². The lowest BCUT2D eigenvalue weighted by Crippen LogP contribution is -2.61. The third-order valence-corrected chi connectivity index (χ3v) is 4.65. The SMILES string of the molecule is CCNC(=O)Oc1cccc(C2=C(C(=O)O)N3C(=O)[C@H]([C@@H](C)O)[C@H]3C2)c1. The summed E-state index contributed by atoms with van der Waals surface area (Å²) in [7, 11) is 0. The van der Waals surface area contributed by atoms with E-state index in [1.54, 1.807) is 31.2 Å². The lowest BCUT2D eigenvalue weighted by molar-refractivity contribution is -0.161. The van der Waals surface area contributed by atoms with Gasteiger partial charge in [-0.2, -0.15) is 0 Å². The van der Waals surface area contributed by atoms with Crippen LogP contribution in [0.5, 0.6) is 5.75 Å². The molecule has 3 N–H and O–H groups in total. The molecule has 26 heavy (non-hydrogen) atoms. The quantitative estimate of drug-likeness (QED) is 0.680. The molecule has 0 radical (unpaired) electrons. The van der Waals surface area contributed by atoms with E-state index >= 15 is 0 Å². The maximum Gasteiger partial charge on any atom is 0.412 e. The number of aliphatic hydroxyl groups excluding tert-OH is 1. The van der Waals surface area contributed by atoms with E-state index in [1.165, 1.54) is 11.8 Å². The molecule has 0 aliphatic carbocycles. The number of nitrogens with zero attached hydrogens (tertiary/aromatic N) is 1. The number of ether oxygens (including phenoxy) is 1. The van der Waals surface area contributed by atoms with E-state index in [1.807, 2.05) is 0 Å².